The van der Waals surface area contributed by atoms with Crippen molar-refractivity contribution in [1.29, 1.82) is 0 Å². The van der Waals surface area contributed by atoms with Gasteiger partial charge in [-0.25, -0.2) is 0 Å². The van der Waals surface area contributed by atoms with Crippen molar-refractivity contribution < 1.29 is 9.22 Å². The quantitative estimate of drug-likeness (QED) is 0.712. The number of hydrogen-bond acceptors (Lipinski definition) is 2. The Morgan fingerprint density at radius 3 is 1.92 bits per heavy atom. The van der Waals surface area contributed by atoms with Crippen LogP contribution in [0.2, 0.25) is 5.04 Å². The second kappa shape index (κ2) is 7.89. The summed E-state index contributed by atoms with van der Waals surface area (Å²) in [5.74, 6) is 0.918. The lowest BCUT2D eigenvalue weighted by Crippen LogP contribution is -2.66. The van der Waals surface area contributed by atoms with Gasteiger partial charge in [-0.2, -0.15) is 0 Å². The minimum absolute atomic E-state index is 0.0151. The Balaban J connectivity index is 1.93. The molecule has 1 atom stereocenters. The molecule has 138 valence electrons. The van der Waals surface area contributed by atoms with Crippen LogP contribution in [-0.4, -0.2) is 20.7 Å². The summed E-state index contributed by atoms with van der Waals surface area (Å²) in [5, 5.41) is 2.66. The maximum absolute atomic E-state index is 11.6. The third-order valence-electron chi connectivity index (χ3n) is 5.61. The second-order valence-electron chi connectivity index (χ2n) is 8.45. The predicted molar refractivity (Wildman–Crippen MR) is 111 cm³/mol. The van der Waals surface area contributed by atoms with E-state index in [2.05, 4.69) is 81.4 Å². The fourth-order valence-corrected chi connectivity index (χ4v) is 8.86. The number of carbonyl (C=O) groups is 1. The Hall–Kier alpha value is -1.71. The van der Waals surface area contributed by atoms with E-state index in [1.165, 1.54) is 10.4 Å². The van der Waals surface area contributed by atoms with E-state index in [-0.39, 0.29) is 5.04 Å². The molecule has 2 aromatic carbocycles. The summed E-state index contributed by atoms with van der Waals surface area (Å²) in [6, 6.07) is 21.5. The van der Waals surface area contributed by atoms with Gasteiger partial charge >= 0.3 is 0 Å². The third-order valence-corrected chi connectivity index (χ3v) is 10.7. The first-order valence-electron chi connectivity index (χ1n) is 9.70. The highest BCUT2D eigenvalue weighted by Gasteiger charge is 2.50. The molecule has 2 aromatic rings. The molecule has 3 rings (SSSR count). The lowest BCUT2D eigenvalue weighted by molar-refractivity contribution is -0.117. The monoisotopic (exact) mass is 366 g/mol. The van der Waals surface area contributed by atoms with Crippen LogP contribution in [0.4, 0.5) is 0 Å². The summed E-state index contributed by atoms with van der Waals surface area (Å²) in [6.45, 7) is 7.64. The van der Waals surface area contributed by atoms with Crippen molar-refractivity contribution in [2.45, 2.75) is 51.5 Å². The summed E-state index contributed by atoms with van der Waals surface area (Å²) in [4.78, 5) is 11.6. The molecule has 0 heterocycles. The van der Waals surface area contributed by atoms with Crippen LogP contribution in [0.3, 0.4) is 0 Å². The SMILES string of the molecule is CC(C)(C)[Si](OCC[C@@H]1CCC(=O)C1)(c1ccccc1)c1ccccc1. The van der Waals surface area contributed by atoms with Crippen molar-refractivity contribution in [2.75, 3.05) is 6.61 Å². The average Bonchev–Trinajstić information content (AvgIpc) is 3.04. The minimum Gasteiger partial charge on any atom is -0.407 e. The van der Waals surface area contributed by atoms with Gasteiger partial charge in [0.1, 0.15) is 5.78 Å². The Bertz CT molecular complexity index is 679. The van der Waals surface area contributed by atoms with Crippen LogP contribution in [0.25, 0.3) is 0 Å². The van der Waals surface area contributed by atoms with Gasteiger partial charge in [0.15, 0.2) is 0 Å². The maximum Gasteiger partial charge on any atom is 0.261 e. The maximum atomic E-state index is 11.6. The first kappa shape index (κ1) is 19.1. The van der Waals surface area contributed by atoms with Gasteiger partial charge in [-0.1, -0.05) is 81.4 Å². The number of Topliss-reactive ketones (excluding diaryl/α,β-unsaturated/α-hetero) is 1. The van der Waals surface area contributed by atoms with E-state index in [0.29, 0.717) is 11.7 Å². The number of benzene rings is 2. The van der Waals surface area contributed by atoms with Crippen LogP contribution in [0.15, 0.2) is 60.7 Å². The molecule has 3 heteroatoms. The van der Waals surface area contributed by atoms with E-state index in [0.717, 1.165) is 32.3 Å². The Morgan fingerprint density at radius 2 is 1.50 bits per heavy atom. The molecule has 0 saturated heterocycles. The Kier molecular flexibility index (Phi) is 5.78. The summed E-state index contributed by atoms with van der Waals surface area (Å²) in [6.07, 6.45) is 3.51. The predicted octanol–water partition coefficient (Wildman–Crippen LogP) is 4.32. The van der Waals surface area contributed by atoms with Crippen molar-refractivity contribution in [3.05, 3.63) is 60.7 Å². The molecule has 0 unspecified atom stereocenters. The van der Waals surface area contributed by atoms with Crippen LogP contribution < -0.4 is 10.4 Å². The number of carbonyl (C=O) groups excluding carboxylic acids is 1. The first-order valence-corrected chi connectivity index (χ1v) is 11.6. The summed E-state index contributed by atoms with van der Waals surface area (Å²) >= 11 is 0. The van der Waals surface area contributed by atoms with Crippen LogP contribution in [0.5, 0.6) is 0 Å². The summed E-state index contributed by atoms with van der Waals surface area (Å²) in [5.41, 5.74) is 0. The van der Waals surface area contributed by atoms with E-state index < -0.39 is 8.32 Å². The van der Waals surface area contributed by atoms with Gasteiger partial charge in [-0.15, -0.1) is 0 Å². The zero-order valence-electron chi connectivity index (χ0n) is 16.2. The van der Waals surface area contributed by atoms with E-state index in [9.17, 15) is 4.79 Å². The Labute approximate surface area is 158 Å². The topological polar surface area (TPSA) is 26.3 Å². The molecule has 1 saturated carbocycles. The van der Waals surface area contributed by atoms with Gasteiger partial charge in [-0.3, -0.25) is 4.79 Å². The van der Waals surface area contributed by atoms with Crippen molar-refractivity contribution in [3.63, 3.8) is 0 Å². The van der Waals surface area contributed by atoms with Crippen LogP contribution in [-0.2, 0) is 9.22 Å². The molecule has 26 heavy (non-hydrogen) atoms. The molecular formula is C23H30O2Si. The zero-order valence-corrected chi connectivity index (χ0v) is 17.2. The Morgan fingerprint density at radius 1 is 0.962 bits per heavy atom. The van der Waals surface area contributed by atoms with Crippen LogP contribution in [0.1, 0.15) is 46.5 Å². The molecule has 0 radical (unpaired) electrons. The molecule has 1 fully saturated rings. The molecule has 1 aliphatic rings. The highest BCUT2D eigenvalue weighted by molar-refractivity contribution is 6.99. The second-order valence-corrected chi connectivity index (χ2v) is 12.8. The van der Waals surface area contributed by atoms with Gasteiger partial charge in [-0.05, 0) is 34.2 Å². The molecule has 2 nitrogen and oxygen atoms in total. The van der Waals surface area contributed by atoms with Gasteiger partial charge < -0.3 is 4.43 Å². The van der Waals surface area contributed by atoms with E-state index in [4.69, 9.17) is 4.43 Å². The molecule has 0 aromatic heterocycles. The van der Waals surface area contributed by atoms with E-state index >= 15 is 0 Å². The molecule has 0 spiro atoms. The molecule has 0 amide bonds. The first-order chi connectivity index (χ1) is 12.4. The van der Waals surface area contributed by atoms with Gasteiger partial charge in [0, 0.05) is 19.4 Å². The lowest BCUT2D eigenvalue weighted by Gasteiger charge is -2.43. The number of hydrogen-bond donors (Lipinski definition) is 0. The highest BCUT2D eigenvalue weighted by atomic mass is 28.4. The van der Waals surface area contributed by atoms with Gasteiger partial charge in [0.05, 0.1) is 0 Å². The molecular weight excluding hydrogens is 336 g/mol. The van der Waals surface area contributed by atoms with Crippen LogP contribution >= 0.6 is 0 Å². The lowest BCUT2D eigenvalue weighted by atomic mass is 10.1. The molecule has 1 aliphatic carbocycles. The van der Waals surface area contributed by atoms with E-state index in [1.807, 2.05) is 0 Å². The van der Waals surface area contributed by atoms with Crippen molar-refractivity contribution in [3.8, 4) is 0 Å². The highest BCUT2D eigenvalue weighted by Crippen LogP contribution is 2.37. The van der Waals surface area contributed by atoms with Crippen LogP contribution in [0, 0.1) is 5.92 Å². The third kappa shape index (κ3) is 3.84. The molecule has 0 N–H and O–H groups in total. The smallest absolute Gasteiger partial charge is 0.261 e. The summed E-state index contributed by atoms with van der Waals surface area (Å²) in [7, 11) is -2.42. The normalized spacial score (nSPS) is 18.3. The van der Waals surface area contributed by atoms with Gasteiger partial charge in [0.2, 0.25) is 0 Å². The standard InChI is InChI=1S/C23H30O2Si/c1-23(2,3)26(21-10-6-4-7-11-21,22-12-8-5-9-13-22)25-17-16-19-14-15-20(24)18-19/h4-13,19H,14-18H2,1-3H3/t19-/m0/s1. The fourth-order valence-electron chi connectivity index (χ4n) is 4.28. The average molecular weight is 367 g/mol. The zero-order chi connectivity index (χ0) is 18.6. The number of rotatable bonds is 6. The summed E-state index contributed by atoms with van der Waals surface area (Å²) < 4.78 is 6.89. The van der Waals surface area contributed by atoms with Gasteiger partial charge in [0.25, 0.3) is 8.32 Å². The van der Waals surface area contributed by atoms with E-state index in [1.54, 1.807) is 0 Å². The largest absolute Gasteiger partial charge is 0.407 e. The molecule has 0 aliphatic heterocycles. The van der Waals surface area contributed by atoms with Crippen molar-refractivity contribution in [2.24, 2.45) is 5.92 Å². The number of ketones is 1. The fraction of sp³-hybridized carbons (Fsp3) is 0.435. The minimum atomic E-state index is -2.42. The molecule has 0 bridgehead atoms. The van der Waals surface area contributed by atoms with Crippen molar-refractivity contribution in [1.82, 2.24) is 0 Å². The van der Waals surface area contributed by atoms with Crippen molar-refractivity contribution >= 4 is 24.5 Å².